The number of benzene rings is 1. The minimum atomic E-state index is -0.874. The third kappa shape index (κ3) is 3.76. The third-order valence-corrected chi connectivity index (χ3v) is 5.26. The molecule has 0 radical (unpaired) electrons. The molecule has 0 spiro atoms. The van der Waals surface area contributed by atoms with Crippen molar-refractivity contribution in [3.8, 4) is 11.5 Å². The zero-order chi connectivity index (χ0) is 20.5. The number of carboxylic acid groups (broad SMARTS) is 1. The van der Waals surface area contributed by atoms with Crippen LogP contribution < -0.4 is 14.4 Å². The first-order valence-electron chi connectivity index (χ1n) is 9.37. The fourth-order valence-electron chi connectivity index (χ4n) is 3.77. The molecule has 8 heteroatoms. The van der Waals surface area contributed by atoms with Gasteiger partial charge in [-0.15, -0.1) is 0 Å². The van der Waals surface area contributed by atoms with Crippen LogP contribution in [0.25, 0.3) is 10.9 Å². The molecule has 1 atom stereocenters. The van der Waals surface area contributed by atoms with E-state index in [1.165, 1.54) is 6.33 Å². The number of hydrogen-bond acceptors (Lipinski definition) is 6. The number of rotatable bonds is 3. The Kier molecular flexibility index (Phi) is 5.49. The van der Waals surface area contributed by atoms with Crippen LogP contribution in [0.3, 0.4) is 0 Å². The third-order valence-electron chi connectivity index (χ3n) is 5.26. The van der Waals surface area contributed by atoms with E-state index in [2.05, 4.69) is 35.6 Å². The molecule has 3 rings (SSSR count). The van der Waals surface area contributed by atoms with E-state index in [9.17, 15) is 9.90 Å². The van der Waals surface area contributed by atoms with Crippen molar-refractivity contribution in [1.82, 2.24) is 14.9 Å². The van der Waals surface area contributed by atoms with Gasteiger partial charge in [0.05, 0.1) is 25.8 Å². The van der Waals surface area contributed by atoms with E-state index in [-0.39, 0.29) is 11.5 Å². The summed E-state index contributed by atoms with van der Waals surface area (Å²) in [6, 6.07) is 3.56. The predicted molar refractivity (Wildman–Crippen MR) is 107 cm³/mol. The van der Waals surface area contributed by atoms with Gasteiger partial charge in [0.1, 0.15) is 12.1 Å². The van der Waals surface area contributed by atoms with Crippen molar-refractivity contribution >= 4 is 22.8 Å². The highest BCUT2D eigenvalue weighted by Crippen LogP contribution is 2.36. The second kappa shape index (κ2) is 7.69. The number of amides is 1. The summed E-state index contributed by atoms with van der Waals surface area (Å²) in [6.45, 7) is 8.01. The van der Waals surface area contributed by atoms with Crippen molar-refractivity contribution in [1.29, 1.82) is 0 Å². The van der Waals surface area contributed by atoms with E-state index in [1.807, 2.05) is 12.1 Å². The molecule has 1 fully saturated rings. The molecule has 152 valence electrons. The van der Waals surface area contributed by atoms with Crippen LogP contribution in [-0.4, -0.2) is 66.0 Å². The Hall–Kier alpha value is -2.77. The lowest BCUT2D eigenvalue weighted by Crippen LogP contribution is -2.51. The molecule has 1 aromatic carbocycles. The van der Waals surface area contributed by atoms with Crippen molar-refractivity contribution < 1.29 is 19.4 Å². The fraction of sp³-hybridized carbons (Fsp3) is 0.550. The average Bonchev–Trinajstić information content (AvgIpc) is 2.89. The summed E-state index contributed by atoms with van der Waals surface area (Å²) in [5.41, 5.74) is 0.555. The van der Waals surface area contributed by atoms with Gasteiger partial charge in [-0.25, -0.2) is 14.8 Å². The first-order valence-corrected chi connectivity index (χ1v) is 9.37. The summed E-state index contributed by atoms with van der Waals surface area (Å²) in [5, 5.41) is 10.6. The van der Waals surface area contributed by atoms with Crippen LogP contribution >= 0.6 is 0 Å². The Labute approximate surface area is 165 Å². The molecule has 8 nitrogen and oxygen atoms in total. The van der Waals surface area contributed by atoms with E-state index in [0.717, 1.165) is 29.7 Å². The Morgan fingerprint density at radius 2 is 1.82 bits per heavy atom. The molecule has 2 aromatic rings. The van der Waals surface area contributed by atoms with Crippen LogP contribution in [0.15, 0.2) is 18.5 Å². The summed E-state index contributed by atoms with van der Waals surface area (Å²) < 4.78 is 10.8. The van der Waals surface area contributed by atoms with Crippen LogP contribution in [-0.2, 0) is 0 Å². The zero-order valence-corrected chi connectivity index (χ0v) is 17.1. The highest BCUT2D eigenvalue weighted by atomic mass is 16.5. The molecule has 0 aliphatic carbocycles. The van der Waals surface area contributed by atoms with E-state index >= 15 is 0 Å². The highest BCUT2D eigenvalue weighted by molar-refractivity contribution is 5.92. The minimum Gasteiger partial charge on any atom is -0.493 e. The van der Waals surface area contributed by atoms with Gasteiger partial charge in [0.15, 0.2) is 11.5 Å². The SMILES string of the molecule is COc1cc2ncnc(N3CCCN(C(=O)O)C(C(C)(C)C)C3)c2cc1OC. The number of ether oxygens (including phenoxy) is 2. The van der Waals surface area contributed by atoms with Crippen LogP contribution in [0, 0.1) is 5.41 Å². The zero-order valence-electron chi connectivity index (χ0n) is 17.1. The Balaban J connectivity index is 2.07. The molecule has 1 aromatic heterocycles. The largest absolute Gasteiger partial charge is 0.493 e. The fourth-order valence-corrected chi connectivity index (χ4v) is 3.77. The van der Waals surface area contributed by atoms with Gasteiger partial charge in [0.2, 0.25) is 0 Å². The monoisotopic (exact) mass is 388 g/mol. The maximum atomic E-state index is 11.8. The molecule has 1 unspecified atom stereocenters. The Bertz CT molecular complexity index is 865. The molecule has 1 amide bonds. The van der Waals surface area contributed by atoms with Crippen molar-refractivity contribution in [2.24, 2.45) is 5.41 Å². The van der Waals surface area contributed by atoms with Crippen LogP contribution in [0.2, 0.25) is 0 Å². The quantitative estimate of drug-likeness (QED) is 0.863. The average molecular weight is 388 g/mol. The second-order valence-corrected chi connectivity index (χ2v) is 8.08. The van der Waals surface area contributed by atoms with E-state index in [4.69, 9.17) is 9.47 Å². The molecule has 0 saturated carbocycles. The summed E-state index contributed by atoms with van der Waals surface area (Å²) in [6.07, 6.45) is 1.40. The topological polar surface area (TPSA) is 88.0 Å². The van der Waals surface area contributed by atoms with Crippen LogP contribution in [0.1, 0.15) is 27.2 Å². The normalized spacial score (nSPS) is 18.1. The lowest BCUT2D eigenvalue weighted by molar-refractivity contribution is 0.0902. The maximum absolute atomic E-state index is 11.8. The predicted octanol–water partition coefficient (Wildman–Crippen LogP) is 3.25. The maximum Gasteiger partial charge on any atom is 0.407 e. The van der Waals surface area contributed by atoms with E-state index < -0.39 is 6.09 Å². The van der Waals surface area contributed by atoms with E-state index in [1.54, 1.807) is 19.1 Å². The lowest BCUT2D eigenvalue weighted by atomic mass is 9.85. The smallest absolute Gasteiger partial charge is 0.407 e. The number of anilines is 1. The molecule has 1 aliphatic rings. The number of fused-ring (bicyclic) bond motifs is 1. The molecule has 28 heavy (non-hydrogen) atoms. The molecule has 2 heterocycles. The number of hydrogen-bond donors (Lipinski definition) is 1. The number of aromatic nitrogens is 2. The first kappa shape index (κ1) is 20.0. The molecule has 1 N–H and O–H groups in total. The summed E-state index contributed by atoms with van der Waals surface area (Å²) in [5.74, 6) is 2.01. The van der Waals surface area contributed by atoms with Gasteiger partial charge < -0.3 is 24.4 Å². The van der Waals surface area contributed by atoms with Crippen molar-refractivity contribution in [2.75, 3.05) is 38.8 Å². The first-order chi connectivity index (χ1) is 13.3. The molecule has 1 saturated heterocycles. The molecule has 1 aliphatic heterocycles. The Morgan fingerprint density at radius 3 is 2.43 bits per heavy atom. The standard InChI is InChI=1S/C20H28N4O4/c1-20(2,3)17-11-23(7-6-8-24(17)19(25)26)18-13-9-15(27-4)16(28-5)10-14(13)21-12-22-18/h9-10,12,17H,6-8,11H2,1-5H3,(H,25,26). The summed E-state index contributed by atoms with van der Waals surface area (Å²) in [4.78, 5) is 24.5. The summed E-state index contributed by atoms with van der Waals surface area (Å²) in [7, 11) is 3.19. The van der Waals surface area contributed by atoms with Crippen LogP contribution in [0.4, 0.5) is 10.6 Å². The lowest BCUT2D eigenvalue weighted by Gasteiger charge is -2.39. The van der Waals surface area contributed by atoms with Gasteiger partial charge in [-0.1, -0.05) is 20.8 Å². The van der Waals surface area contributed by atoms with Crippen molar-refractivity contribution in [2.45, 2.75) is 33.2 Å². The summed E-state index contributed by atoms with van der Waals surface area (Å²) >= 11 is 0. The van der Waals surface area contributed by atoms with Crippen molar-refractivity contribution in [3.63, 3.8) is 0 Å². The van der Waals surface area contributed by atoms with Gasteiger partial charge in [0.25, 0.3) is 0 Å². The Morgan fingerprint density at radius 1 is 1.14 bits per heavy atom. The van der Waals surface area contributed by atoms with Gasteiger partial charge in [-0.05, 0) is 17.9 Å². The molecular weight excluding hydrogens is 360 g/mol. The van der Waals surface area contributed by atoms with Gasteiger partial charge >= 0.3 is 6.09 Å². The van der Waals surface area contributed by atoms with Gasteiger partial charge in [-0.3, -0.25) is 0 Å². The molecular formula is C20H28N4O4. The second-order valence-electron chi connectivity index (χ2n) is 8.08. The number of nitrogens with zero attached hydrogens (tertiary/aromatic N) is 4. The van der Waals surface area contributed by atoms with Gasteiger partial charge in [0, 0.05) is 31.1 Å². The van der Waals surface area contributed by atoms with Crippen molar-refractivity contribution in [3.05, 3.63) is 18.5 Å². The number of carbonyl (C=O) groups is 1. The minimum absolute atomic E-state index is 0.155. The number of methoxy groups -OCH3 is 2. The highest BCUT2D eigenvalue weighted by Gasteiger charge is 2.37. The molecule has 0 bridgehead atoms. The van der Waals surface area contributed by atoms with Crippen LogP contribution in [0.5, 0.6) is 11.5 Å². The van der Waals surface area contributed by atoms with Gasteiger partial charge in [-0.2, -0.15) is 0 Å². The van der Waals surface area contributed by atoms with E-state index in [0.29, 0.717) is 24.6 Å².